The van der Waals surface area contributed by atoms with Gasteiger partial charge in [0.25, 0.3) is 5.91 Å². The molecule has 1 heterocycles. The van der Waals surface area contributed by atoms with Crippen LogP contribution in [0.15, 0.2) is 48.5 Å². The zero-order valence-electron chi connectivity index (χ0n) is 18.5. The van der Waals surface area contributed by atoms with Gasteiger partial charge in [0.15, 0.2) is 0 Å². The molecule has 5 heteroatoms. The molecule has 2 aromatic rings. The minimum Gasteiger partial charge on any atom is -0.378 e. The highest BCUT2D eigenvalue weighted by Crippen LogP contribution is 2.56. The molecule has 1 saturated heterocycles. The van der Waals surface area contributed by atoms with Crippen molar-refractivity contribution in [2.45, 2.75) is 56.9 Å². The van der Waals surface area contributed by atoms with Gasteiger partial charge in [-0.15, -0.1) is 0 Å². The van der Waals surface area contributed by atoms with E-state index in [0.717, 1.165) is 47.8 Å². The number of hydrogen-bond donors (Lipinski definition) is 2. The van der Waals surface area contributed by atoms with Crippen molar-refractivity contribution >= 4 is 28.9 Å². The molecule has 4 bridgehead atoms. The Morgan fingerprint density at radius 1 is 0.875 bits per heavy atom. The average molecular weight is 430 g/mol. The molecule has 166 valence electrons. The van der Waals surface area contributed by atoms with Gasteiger partial charge in [-0.25, -0.2) is 0 Å². The third-order valence-corrected chi connectivity index (χ3v) is 8.13. The first-order chi connectivity index (χ1) is 15.6. The Labute approximate surface area is 189 Å². The zero-order valence-corrected chi connectivity index (χ0v) is 18.5. The molecular formula is C27H31N3O2. The summed E-state index contributed by atoms with van der Waals surface area (Å²) in [4.78, 5) is 26.8. The molecular weight excluding hydrogens is 398 g/mol. The highest BCUT2D eigenvalue weighted by molar-refractivity contribution is 6.06. The molecule has 1 aliphatic heterocycles. The zero-order chi connectivity index (χ0) is 21.7. The lowest BCUT2D eigenvalue weighted by Crippen LogP contribution is -2.54. The molecule has 2 N–H and O–H groups in total. The number of amides is 2. The maximum Gasteiger partial charge on any atom is 0.255 e. The lowest BCUT2D eigenvalue weighted by atomic mass is 9.53. The van der Waals surface area contributed by atoms with Crippen molar-refractivity contribution in [3.05, 3.63) is 54.1 Å². The molecule has 0 spiro atoms. The first kappa shape index (κ1) is 19.8. The molecule has 0 aromatic heterocycles. The normalized spacial score (nSPS) is 30.6. The van der Waals surface area contributed by atoms with Crippen LogP contribution in [0.2, 0.25) is 0 Å². The first-order valence-electron chi connectivity index (χ1n) is 12.2. The summed E-state index contributed by atoms with van der Waals surface area (Å²) in [5.74, 6) is 2.65. The predicted octanol–water partition coefficient (Wildman–Crippen LogP) is 5.45. The van der Waals surface area contributed by atoms with Gasteiger partial charge in [-0.1, -0.05) is 12.1 Å². The maximum atomic E-state index is 13.0. The van der Waals surface area contributed by atoms with E-state index >= 15 is 0 Å². The van der Waals surface area contributed by atoms with Gasteiger partial charge in [0.05, 0.1) is 11.4 Å². The summed E-state index contributed by atoms with van der Waals surface area (Å²) in [5.41, 5.74) is 3.53. The van der Waals surface area contributed by atoms with Crippen LogP contribution in [0.5, 0.6) is 0 Å². The molecule has 5 aliphatic rings. The molecule has 0 unspecified atom stereocenters. The summed E-state index contributed by atoms with van der Waals surface area (Å²) in [6.07, 6.45) is 9.53. The lowest BCUT2D eigenvalue weighted by molar-refractivity contribution is -0.117. The van der Waals surface area contributed by atoms with Gasteiger partial charge in [0, 0.05) is 29.8 Å². The van der Waals surface area contributed by atoms with Crippen LogP contribution in [0.1, 0.15) is 61.7 Å². The molecule has 0 atom stereocenters. The lowest BCUT2D eigenvalue weighted by Gasteiger charge is -2.57. The van der Waals surface area contributed by atoms with Crippen molar-refractivity contribution in [3.63, 3.8) is 0 Å². The minimum absolute atomic E-state index is 0.121. The molecule has 32 heavy (non-hydrogen) atoms. The van der Waals surface area contributed by atoms with Crippen LogP contribution in [-0.4, -0.2) is 23.9 Å². The Bertz CT molecular complexity index is 1010. The van der Waals surface area contributed by atoms with Crippen molar-refractivity contribution in [2.24, 2.45) is 17.8 Å². The van der Waals surface area contributed by atoms with E-state index in [1.165, 1.54) is 38.5 Å². The van der Waals surface area contributed by atoms with E-state index in [1.54, 1.807) is 4.90 Å². The second-order valence-electron chi connectivity index (χ2n) is 10.5. The molecule has 0 radical (unpaired) electrons. The highest BCUT2D eigenvalue weighted by atomic mass is 16.2. The maximum absolute atomic E-state index is 13.0. The van der Waals surface area contributed by atoms with Crippen LogP contribution in [0.3, 0.4) is 0 Å². The van der Waals surface area contributed by atoms with Crippen LogP contribution in [0.4, 0.5) is 17.1 Å². The van der Waals surface area contributed by atoms with Crippen molar-refractivity contribution < 1.29 is 9.59 Å². The summed E-state index contributed by atoms with van der Waals surface area (Å²) in [6.45, 7) is 0.758. The monoisotopic (exact) mass is 429 g/mol. The first-order valence-corrected chi connectivity index (χ1v) is 12.2. The predicted molar refractivity (Wildman–Crippen MR) is 127 cm³/mol. The summed E-state index contributed by atoms with van der Waals surface area (Å²) in [6, 6.07) is 15.5. The smallest absolute Gasteiger partial charge is 0.255 e. The number of anilines is 3. The van der Waals surface area contributed by atoms with E-state index in [1.807, 2.05) is 42.5 Å². The third-order valence-electron chi connectivity index (χ3n) is 8.13. The SMILES string of the molecule is O=C(Nc1ccccc1NC12CC3CC(CC(C3)C1)C2)c1ccc(N2CCCC2=O)cc1. The van der Waals surface area contributed by atoms with Crippen molar-refractivity contribution in [1.29, 1.82) is 0 Å². The molecule has 7 rings (SSSR count). The summed E-state index contributed by atoms with van der Waals surface area (Å²) in [7, 11) is 0. The van der Waals surface area contributed by atoms with Gasteiger partial charge in [-0.05, 0) is 99.1 Å². The second-order valence-corrected chi connectivity index (χ2v) is 10.5. The number of nitrogens with one attached hydrogen (secondary N) is 2. The number of rotatable bonds is 5. The van der Waals surface area contributed by atoms with Crippen molar-refractivity contribution in [2.75, 3.05) is 22.1 Å². The van der Waals surface area contributed by atoms with E-state index < -0.39 is 0 Å². The van der Waals surface area contributed by atoms with Crippen LogP contribution in [0.25, 0.3) is 0 Å². The fourth-order valence-electron chi connectivity index (χ4n) is 7.16. The molecule has 4 aliphatic carbocycles. The second kappa shape index (κ2) is 7.65. The van der Waals surface area contributed by atoms with Crippen LogP contribution in [0, 0.1) is 17.8 Å². The standard InChI is InChI=1S/C27H31N3O2/c31-25-6-3-11-30(25)22-9-7-21(8-10-22)26(32)28-23-4-1-2-5-24(23)29-27-15-18-12-19(16-27)14-20(13-18)17-27/h1-2,4-5,7-10,18-20,29H,3,6,11-17H2,(H,28,32). The van der Waals surface area contributed by atoms with Crippen LogP contribution in [-0.2, 0) is 4.79 Å². The Morgan fingerprint density at radius 2 is 1.50 bits per heavy atom. The largest absolute Gasteiger partial charge is 0.378 e. The number of hydrogen-bond acceptors (Lipinski definition) is 3. The van der Waals surface area contributed by atoms with Gasteiger partial charge in [0.2, 0.25) is 5.91 Å². The van der Waals surface area contributed by atoms with Gasteiger partial charge in [0.1, 0.15) is 0 Å². The Balaban J connectivity index is 1.18. The molecule has 5 nitrogen and oxygen atoms in total. The summed E-state index contributed by atoms with van der Waals surface area (Å²) < 4.78 is 0. The third kappa shape index (κ3) is 3.58. The number of benzene rings is 2. The van der Waals surface area contributed by atoms with Crippen molar-refractivity contribution in [3.8, 4) is 0 Å². The van der Waals surface area contributed by atoms with Gasteiger partial charge in [-0.2, -0.15) is 0 Å². The Kier molecular flexibility index (Phi) is 4.74. The molecule has 4 saturated carbocycles. The summed E-state index contributed by atoms with van der Waals surface area (Å²) >= 11 is 0. The van der Waals surface area contributed by atoms with E-state index in [0.29, 0.717) is 12.0 Å². The Morgan fingerprint density at radius 3 is 2.09 bits per heavy atom. The van der Waals surface area contributed by atoms with Gasteiger partial charge >= 0.3 is 0 Å². The summed E-state index contributed by atoms with van der Waals surface area (Å²) in [5, 5.41) is 7.03. The number of para-hydroxylation sites is 2. The van der Waals surface area contributed by atoms with Crippen LogP contribution < -0.4 is 15.5 Å². The van der Waals surface area contributed by atoms with Crippen molar-refractivity contribution in [1.82, 2.24) is 0 Å². The fourth-order valence-corrected chi connectivity index (χ4v) is 7.16. The van der Waals surface area contributed by atoms with E-state index in [4.69, 9.17) is 0 Å². The molecule has 2 amide bonds. The molecule has 2 aromatic carbocycles. The van der Waals surface area contributed by atoms with Crippen LogP contribution >= 0.6 is 0 Å². The topological polar surface area (TPSA) is 61.4 Å². The van der Waals surface area contributed by atoms with Gasteiger partial charge in [-0.3, -0.25) is 9.59 Å². The highest BCUT2D eigenvalue weighted by Gasteiger charge is 2.51. The van der Waals surface area contributed by atoms with Gasteiger partial charge < -0.3 is 15.5 Å². The Hall–Kier alpha value is -2.82. The quantitative estimate of drug-likeness (QED) is 0.665. The fraction of sp³-hybridized carbons (Fsp3) is 0.481. The molecule has 5 fully saturated rings. The van der Waals surface area contributed by atoms with E-state index in [2.05, 4.69) is 16.7 Å². The number of nitrogens with zero attached hydrogens (tertiary/aromatic N) is 1. The number of carbonyl (C=O) groups excluding carboxylic acids is 2. The van der Waals surface area contributed by atoms with E-state index in [-0.39, 0.29) is 17.4 Å². The minimum atomic E-state index is -0.121. The number of carbonyl (C=O) groups is 2. The van der Waals surface area contributed by atoms with E-state index in [9.17, 15) is 9.59 Å². The average Bonchev–Trinajstić information content (AvgIpc) is 3.20.